The number of hydrogen-bond acceptors (Lipinski definition) is 6. The molecule has 1 fully saturated rings. The molecule has 1 saturated heterocycles. The number of nitrogens with one attached hydrogen (secondary N) is 1. The van der Waals surface area contributed by atoms with Crippen molar-refractivity contribution in [1.29, 1.82) is 0 Å². The zero-order valence-corrected chi connectivity index (χ0v) is 13.8. The van der Waals surface area contributed by atoms with Gasteiger partial charge in [-0.3, -0.25) is 0 Å². The highest BCUT2D eigenvalue weighted by Gasteiger charge is 2.28. The first-order chi connectivity index (χ1) is 9.41. The molecule has 1 N–H and O–H groups in total. The second-order valence-electron chi connectivity index (χ2n) is 6.00. The van der Waals surface area contributed by atoms with Crippen LogP contribution in [0.3, 0.4) is 0 Å². The molecule has 2 heterocycles. The van der Waals surface area contributed by atoms with Crippen LogP contribution in [0.2, 0.25) is 0 Å². The van der Waals surface area contributed by atoms with Gasteiger partial charge in [0.05, 0.1) is 17.6 Å². The van der Waals surface area contributed by atoms with E-state index in [2.05, 4.69) is 24.1 Å². The molecule has 0 radical (unpaired) electrons. The number of nitrogens with zero attached hydrogens (tertiary/aromatic N) is 2. The Hall–Kier alpha value is -0.850. The van der Waals surface area contributed by atoms with E-state index in [0.717, 1.165) is 41.9 Å². The summed E-state index contributed by atoms with van der Waals surface area (Å²) in [5, 5.41) is 4.59. The van der Waals surface area contributed by atoms with E-state index in [1.165, 1.54) is 0 Å². The number of rotatable bonds is 5. The summed E-state index contributed by atoms with van der Waals surface area (Å²) in [6, 6.07) is 0.494. The molecule has 6 heteroatoms. The third-order valence-corrected chi connectivity index (χ3v) is 4.68. The maximum atomic E-state index is 5.75. The summed E-state index contributed by atoms with van der Waals surface area (Å²) in [7, 11) is 5.67. The maximum Gasteiger partial charge on any atom is 0.230 e. The van der Waals surface area contributed by atoms with E-state index in [1.807, 2.05) is 19.0 Å². The summed E-state index contributed by atoms with van der Waals surface area (Å²) in [6.45, 7) is 5.93. The van der Waals surface area contributed by atoms with Crippen molar-refractivity contribution in [3.8, 4) is 5.88 Å². The van der Waals surface area contributed by atoms with Gasteiger partial charge >= 0.3 is 0 Å². The second-order valence-corrected chi connectivity index (χ2v) is 7.06. The molecular formula is C14H25N3O2S. The average Bonchev–Trinajstić information content (AvgIpc) is 2.78. The molecule has 0 amide bonds. The van der Waals surface area contributed by atoms with E-state index < -0.39 is 0 Å². The van der Waals surface area contributed by atoms with Gasteiger partial charge in [0.15, 0.2) is 5.13 Å². The summed E-state index contributed by atoms with van der Waals surface area (Å²) in [4.78, 5) is 7.64. The molecule has 1 unspecified atom stereocenters. The van der Waals surface area contributed by atoms with Gasteiger partial charge in [0, 0.05) is 33.3 Å². The summed E-state index contributed by atoms with van der Waals surface area (Å²) in [6.07, 6.45) is 2.10. The lowest BCUT2D eigenvalue weighted by Gasteiger charge is -2.35. The quantitative estimate of drug-likeness (QED) is 0.903. The zero-order valence-electron chi connectivity index (χ0n) is 13.0. The van der Waals surface area contributed by atoms with Gasteiger partial charge in [-0.1, -0.05) is 11.3 Å². The van der Waals surface area contributed by atoms with Crippen molar-refractivity contribution in [1.82, 2.24) is 10.3 Å². The minimum absolute atomic E-state index is 0.0253. The molecule has 2 rings (SSSR count). The molecule has 0 aromatic carbocycles. The van der Waals surface area contributed by atoms with E-state index >= 15 is 0 Å². The standard InChI is InChI=1S/C14H25N3O2S/c1-14(2)8-10(6-7-19-14)15-9-11-12(18-5)16-13(20-11)17(3)4/h10,15H,6-9H2,1-5H3. The number of thiazole rings is 1. The molecule has 1 aromatic heterocycles. The van der Waals surface area contributed by atoms with E-state index in [-0.39, 0.29) is 5.60 Å². The Kier molecular flexibility index (Phi) is 4.88. The third-order valence-electron chi connectivity index (χ3n) is 3.47. The van der Waals surface area contributed by atoms with Crippen molar-refractivity contribution < 1.29 is 9.47 Å². The number of hydrogen-bond donors (Lipinski definition) is 1. The summed E-state index contributed by atoms with van der Waals surface area (Å²) < 4.78 is 11.1. The SMILES string of the molecule is COc1nc(N(C)C)sc1CNC1CCOC(C)(C)C1. The molecule has 1 aliphatic heterocycles. The van der Waals surface area contributed by atoms with Crippen LogP contribution < -0.4 is 15.0 Å². The van der Waals surface area contributed by atoms with Crippen LogP contribution in [0.5, 0.6) is 5.88 Å². The Morgan fingerprint density at radius 2 is 2.25 bits per heavy atom. The van der Waals surface area contributed by atoms with Crippen molar-refractivity contribution in [2.24, 2.45) is 0 Å². The number of anilines is 1. The molecule has 0 bridgehead atoms. The number of methoxy groups -OCH3 is 1. The highest BCUT2D eigenvalue weighted by Crippen LogP contribution is 2.31. The summed E-state index contributed by atoms with van der Waals surface area (Å²) in [5.41, 5.74) is -0.0253. The number of ether oxygens (including phenoxy) is 2. The highest BCUT2D eigenvalue weighted by atomic mass is 32.1. The summed E-state index contributed by atoms with van der Waals surface area (Å²) >= 11 is 1.68. The van der Waals surface area contributed by atoms with Crippen molar-refractivity contribution in [2.75, 3.05) is 32.7 Å². The Morgan fingerprint density at radius 1 is 1.50 bits per heavy atom. The Labute approximate surface area is 125 Å². The van der Waals surface area contributed by atoms with E-state index in [0.29, 0.717) is 6.04 Å². The van der Waals surface area contributed by atoms with Crippen molar-refractivity contribution in [3.05, 3.63) is 4.88 Å². The van der Waals surface area contributed by atoms with Crippen LogP contribution in [0.25, 0.3) is 0 Å². The molecule has 0 spiro atoms. The van der Waals surface area contributed by atoms with Crippen LogP contribution in [0, 0.1) is 0 Å². The van der Waals surface area contributed by atoms with E-state index in [9.17, 15) is 0 Å². The van der Waals surface area contributed by atoms with Gasteiger partial charge in [-0.25, -0.2) is 0 Å². The van der Waals surface area contributed by atoms with Crippen molar-refractivity contribution >= 4 is 16.5 Å². The molecule has 1 aliphatic rings. The van der Waals surface area contributed by atoms with Gasteiger partial charge in [-0.05, 0) is 26.7 Å². The first kappa shape index (κ1) is 15.5. The molecule has 1 aromatic rings. The van der Waals surface area contributed by atoms with Crippen LogP contribution >= 0.6 is 11.3 Å². The Bertz CT molecular complexity index is 446. The minimum atomic E-state index is -0.0253. The molecule has 5 nitrogen and oxygen atoms in total. The fourth-order valence-electron chi connectivity index (χ4n) is 2.43. The fourth-order valence-corrected chi connectivity index (χ4v) is 3.33. The molecule has 114 valence electrons. The van der Waals surface area contributed by atoms with E-state index in [1.54, 1.807) is 18.4 Å². The molecule has 20 heavy (non-hydrogen) atoms. The second kappa shape index (κ2) is 6.28. The van der Waals surface area contributed by atoms with Crippen LogP contribution in [0.4, 0.5) is 5.13 Å². The predicted octanol–water partition coefficient (Wildman–Crippen LogP) is 2.26. The van der Waals surface area contributed by atoms with Crippen LogP contribution in [0.15, 0.2) is 0 Å². The van der Waals surface area contributed by atoms with Crippen LogP contribution in [-0.4, -0.2) is 44.4 Å². The van der Waals surface area contributed by atoms with Gasteiger partial charge in [0.25, 0.3) is 0 Å². The number of aromatic nitrogens is 1. The third kappa shape index (κ3) is 3.84. The molecule has 0 saturated carbocycles. The topological polar surface area (TPSA) is 46.6 Å². The smallest absolute Gasteiger partial charge is 0.230 e. The lowest BCUT2D eigenvalue weighted by molar-refractivity contribution is -0.0630. The van der Waals surface area contributed by atoms with Gasteiger partial charge in [-0.15, -0.1) is 0 Å². The van der Waals surface area contributed by atoms with Crippen LogP contribution in [0.1, 0.15) is 31.6 Å². The minimum Gasteiger partial charge on any atom is -0.480 e. The van der Waals surface area contributed by atoms with Gasteiger partial charge in [0.1, 0.15) is 0 Å². The Morgan fingerprint density at radius 3 is 2.85 bits per heavy atom. The van der Waals surface area contributed by atoms with Gasteiger partial charge in [-0.2, -0.15) is 4.98 Å². The summed E-state index contributed by atoms with van der Waals surface area (Å²) in [5.74, 6) is 0.734. The maximum absolute atomic E-state index is 5.75. The highest BCUT2D eigenvalue weighted by molar-refractivity contribution is 7.15. The lowest BCUT2D eigenvalue weighted by atomic mass is 9.94. The molecule has 0 aliphatic carbocycles. The Balaban J connectivity index is 1.96. The van der Waals surface area contributed by atoms with Gasteiger partial charge in [0.2, 0.25) is 5.88 Å². The monoisotopic (exact) mass is 299 g/mol. The fraction of sp³-hybridized carbons (Fsp3) is 0.786. The predicted molar refractivity (Wildman–Crippen MR) is 82.9 cm³/mol. The first-order valence-electron chi connectivity index (χ1n) is 6.99. The lowest BCUT2D eigenvalue weighted by Crippen LogP contribution is -2.43. The van der Waals surface area contributed by atoms with E-state index in [4.69, 9.17) is 9.47 Å². The van der Waals surface area contributed by atoms with Gasteiger partial charge < -0.3 is 19.7 Å². The normalized spacial score (nSPS) is 21.8. The zero-order chi connectivity index (χ0) is 14.8. The van der Waals surface area contributed by atoms with Crippen molar-refractivity contribution in [3.63, 3.8) is 0 Å². The van der Waals surface area contributed by atoms with Crippen molar-refractivity contribution in [2.45, 2.75) is 44.9 Å². The molecule has 1 atom stereocenters. The molecular weight excluding hydrogens is 274 g/mol. The first-order valence-corrected chi connectivity index (χ1v) is 7.81. The largest absolute Gasteiger partial charge is 0.480 e. The average molecular weight is 299 g/mol. The van der Waals surface area contributed by atoms with Crippen LogP contribution in [-0.2, 0) is 11.3 Å².